The molecule has 0 bridgehead atoms. The van der Waals surface area contributed by atoms with Gasteiger partial charge >= 0.3 is 5.97 Å². The highest BCUT2D eigenvalue weighted by molar-refractivity contribution is 5.89. The molecule has 38 heavy (non-hydrogen) atoms. The second-order valence-electron chi connectivity index (χ2n) is 9.82. The molecule has 0 saturated carbocycles. The van der Waals surface area contributed by atoms with E-state index in [1.165, 1.54) is 5.56 Å². The molecule has 198 valence electrons. The van der Waals surface area contributed by atoms with Gasteiger partial charge in [-0.3, -0.25) is 4.79 Å². The van der Waals surface area contributed by atoms with Crippen molar-refractivity contribution in [2.75, 3.05) is 19.8 Å². The summed E-state index contributed by atoms with van der Waals surface area (Å²) < 4.78 is 23.1. The van der Waals surface area contributed by atoms with Gasteiger partial charge in [0.05, 0.1) is 19.3 Å². The molecule has 1 aliphatic rings. The van der Waals surface area contributed by atoms with Crippen LogP contribution in [-0.4, -0.2) is 25.8 Å². The van der Waals surface area contributed by atoms with Crippen LogP contribution >= 0.6 is 0 Å². The molecule has 1 aliphatic heterocycles. The quantitative estimate of drug-likeness (QED) is 0.254. The SMILES string of the molecule is CCOC(=O)Cc1ccccc1OCc1coc2c(CC3CCOCC3)cc(-c3cccc(CN)c3)cc12. The monoisotopic (exact) mass is 513 g/mol. The number of rotatable bonds is 10. The van der Waals surface area contributed by atoms with E-state index in [9.17, 15) is 4.79 Å². The molecule has 2 heterocycles. The maximum Gasteiger partial charge on any atom is 0.310 e. The van der Waals surface area contributed by atoms with Crippen LogP contribution in [0.1, 0.15) is 42.0 Å². The summed E-state index contributed by atoms with van der Waals surface area (Å²) in [5.41, 5.74) is 13.2. The first-order valence-corrected chi connectivity index (χ1v) is 13.4. The molecule has 0 radical (unpaired) electrons. The second-order valence-corrected chi connectivity index (χ2v) is 9.82. The lowest BCUT2D eigenvalue weighted by Crippen LogP contribution is -2.17. The smallest absolute Gasteiger partial charge is 0.310 e. The van der Waals surface area contributed by atoms with Gasteiger partial charge in [0, 0.05) is 36.3 Å². The van der Waals surface area contributed by atoms with E-state index in [2.05, 4.69) is 36.4 Å². The van der Waals surface area contributed by atoms with Crippen LogP contribution in [0.3, 0.4) is 0 Å². The number of hydrogen-bond acceptors (Lipinski definition) is 6. The van der Waals surface area contributed by atoms with Gasteiger partial charge in [0.1, 0.15) is 17.9 Å². The fraction of sp³-hybridized carbons (Fsp3) is 0.344. The summed E-state index contributed by atoms with van der Waals surface area (Å²) in [5, 5.41) is 1.05. The standard InChI is InChI=1S/C32H35NO5/c1-2-36-31(34)18-25-7-3-4-9-30(25)37-20-28-21-38-32-27(14-22-10-12-35-13-11-22)16-26(17-29(28)32)24-8-5-6-23(15-24)19-33/h3-9,15-17,21-22H,2,10-14,18-20,33H2,1H3. The van der Waals surface area contributed by atoms with E-state index >= 15 is 0 Å². The van der Waals surface area contributed by atoms with E-state index < -0.39 is 0 Å². The van der Waals surface area contributed by atoms with E-state index in [-0.39, 0.29) is 12.4 Å². The molecule has 6 nitrogen and oxygen atoms in total. The second kappa shape index (κ2) is 12.3. The summed E-state index contributed by atoms with van der Waals surface area (Å²) >= 11 is 0. The summed E-state index contributed by atoms with van der Waals surface area (Å²) in [6.07, 6.45) is 5.03. The molecule has 0 unspecified atom stereocenters. The van der Waals surface area contributed by atoms with Crippen molar-refractivity contribution in [3.05, 3.63) is 89.2 Å². The average Bonchev–Trinajstić information content (AvgIpc) is 3.36. The van der Waals surface area contributed by atoms with Gasteiger partial charge in [-0.2, -0.15) is 0 Å². The van der Waals surface area contributed by atoms with Gasteiger partial charge in [-0.15, -0.1) is 0 Å². The Morgan fingerprint density at radius 1 is 0.974 bits per heavy atom. The number of furan rings is 1. The highest BCUT2D eigenvalue weighted by Crippen LogP contribution is 2.35. The topological polar surface area (TPSA) is 83.9 Å². The Labute approximate surface area is 223 Å². The zero-order valence-corrected chi connectivity index (χ0v) is 21.9. The van der Waals surface area contributed by atoms with Crippen molar-refractivity contribution >= 4 is 16.9 Å². The molecule has 0 spiro atoms. The lowest BCUT2D eigenvalue weighted by molar-refractivity contribution is -0.142. The van der Waals surface area contributed by atoms with Crippen molar-refractivity contribution in [3.63, 3.8) is 0 Å². The number of esters is 1. The van der Waals surface area contributed by atoms with E-state index in [4.69, 9.17) is 24.4 Å². The van der Waals surface area contributed by atoms with Crippen LogP contribution in [0.25, 0.3) is 22.1 Å². The molecule has 1 fully saturated rings. The van der Waals surface area contributed by atoms with E-state index in [0.717, 1.165) is 71.3 Å². The van der Waals surface area contributed by atoms with Crippen LogP contribution in [0.15, 0.2) is 71.3 Å². The highest BCUT2D eigenvalue weighted by atomic mass is 16.5. The summed E-state index contributed by atoms with van der Waals surface area (Å²) in [6, 6.07) is 20.4. The van der Waals surface area contributed by atoms with Crippen LogP contribution in [0, 0.1) is 5.92 Å². The first-order valence-electron chi connectivity index (χ1n) is 13.4. The van der Waals surface area contributed by atoms with Crippen LogP contribution in [0.4, 0.5) is 0 Å². The third-order valence-corrected chi connectivity index (χ3v) is 7.17. The normalized spacial score (nSPS) is 14.1. The van der Waals surface area contributed by atoms with Crippen molar-refractivity contribution in [1.82, 2.24) is 0 Å². The van der Waals surface area contributed by atoms with Crippen LogP contribution in [0.2, 0.25) is 0 Å². The highest BCUT2D eigenvalue weighted by Gasteiger charge is 2.20. The Morgan fingerprint density at radius 2 is 1.82 bits per heavy atom. The number of benzene rings is 3. The number of para-hydroxylation sites is 1. The van der Waals surface area contributed by atoms with Gasteiger partial charge in [0.25, 0.3) is 0 Å². The largest absolute Gasteiger partial charge is 0.488 e. The van der Waals surface area contributed by atoms with E-state index in [1.54, 1.807) is 13.2 Å². The summed E-state index contributed by atoms with van der Waals surface area (Å²) in [6.45, 7) is 4.62. The molecule has 1 aromatic heterocycles. The number of carbonyl (C=O) groups excluding carboxylic acids is 1. The van der Waals surface area contributed by atoms with Crippen molar-refractivity contribution < 1.29 is 23.4 Å². The van der Waals surface area contributed by atoms with Crippen LogP contribution in [0.5, 0.6) is 5.75 Å². The van der Waals surface area contributed by atoms with Gasteiger partial charge in [0.15, 0.2) is 0 Å². The number of hydrogen-bond donors (Lipinski definition) is 1. The predicted octanol–water partition coefficient (Wildman–Crippen LogP) is 6.21. The van der Waals surface area contributed by atoms with E-state index in [0.29, 0.717) is 31.4 Å². The van der Waals surface area contributed by atoms with Crippen molar-refractivity contribution in [3.8, 4) is 16.9 Å². The molecule has 4 aromatic rings. The molecule has 5 rings (SSSR count). The number of fused-ring (bicyclic) bond motifs is 1. The molecule has 3 aromatic carbocycles. The first-order chi connectivity index (χ1) is 18.6. The number of carbonyl (C=O) groups is 1. The number of ether oxygens (including phenoxy) is 3. The van der Waals surface area contributed by atoms with Gasteiger partial charge in [-0.1, -0.05) is 36.4 Å². The summed E-state index contributed by atoms with van der Waals surface area (Å²) in [4.78, 5) is 12.1. The molecular formula is C32H35NO5. The predicted molar refractivity (Wildman–Crippen MR) is 148 cm³/mol. The Morgan fingerprint density at radius 3 is 2.63 bits per heavy atom. The minimum absolute atomic E-state index is 0.174. The molecule has 1 saturated heterocycles. The Bertz CT molecular complexity index is 1390. The van der Waals surface area contributed by atoms with Gasteiger partial charge in [-0.05, 0) is 78.6 Å². The molecule has 0 amide bonds. The maximum atomic E-state index is 12.1. The zero-order valence-electron chi connectivity index (χ0n) is 21.9. The molecule has 2 N–H and O–H groups in total. The van der Waals surface area contributed by atoms with E-state index in [1.807, 2.05) is 24.3 Å². The lowest BCUT2D eigenvalue weighted by Gasteiger charge is -2.22. The fourth-order valence-corrected chi connectivity index (χ4v) is 5.14. The summed E-state index contributed by atoms with van der Waals surface area (Å²) in [5.74, 6) is 0.973. The molecular weight excluding hydrogens is 478 g/mol. The fourth-order valence-electron chi connectivity index (χ4n) is 5.14. The zero-order chi connectivity index (χ0) is 26.3. The Kier molecular flexibility index (Phi) is 8.41. The third-order valence-electron chi connectivity index (χ3n) is 7.17. The van der Waals surface area contributed by atoms with Crippen molar-refractivity contribution in [2.24, 2.45) is 11.7 Å². The molecule has 0 aliphatic carbocycles. The van der Waals surface area contributed by atoms with Crippen LogP contribution < -0.4 is 10.5 Å². The van der Waals surface area contributed by atoms with Gasteiger partial charge < -0.3 is 24.4 Å². The Hall–Kier alpha value is -3.61. The average molecular weight is 514 g/mol. The maximum absolute atomic E-state index is 12.1. The van der Waals surface area contributed by atoms with Crippen molar-refractivity contribution in [2.45, 2.75) is 45.8 Å². The van der Waals surface area contributed by atoms with Gasteiger partial charge in [-0.25, -0.2) is 0 Å². The van der Waals surface area contributed by atoms with Crippen LogP contribution in [-0.2, 0) is 40.3 Å². The minimum Gasteiger partial charge on any atom is -0.488 e. The lowest BCUT2D eigenvalue weighted by atomic mass is 9.89. The first kappa shape index (κ1) is 26.0. The molecule has 6 heteroatoms. The molecule has 0 atom stereocenters. The summed E-state index contributed by atoms with van der Waals surface area (Å²) in [7, 11) is 0. The minimum atomic E-state index is -0.264. The number of nitrogens with two attached hydrogens (primary N) is 1. The van der Waals surface area contributed by atoms with Gasteiger partial charge in [0.2, 0.25) is 0 Å². The van der Waals surface area contributed by atoms with Crippen molar-refractivity contribution in [1.29, 1.82) is 0 Å². The third kappa shape index (κ3) is 6.09. The Balaban J connectivity index is 1.47.